The highest BCUT2D eigenvalue weighted by atomic mass is 32.1. The summed E-state index contributed by atoms with van der Waals surface area (Å²) in [6, 6.07) is 0.0414. The topological polar surface area (TPSA) is 38.9 Å². The van der Waals surface area contributed by atoms with Crippen molar-refractivity contribution in [2.45, 2.75) is 12.2 Å². The van der Waals surface area contributed by atoms with Crippen molar-refractivity contribution in [3.8, 4) is 0 Å². The summed E-state index contributed by atoms with van der Waals surface area (Å²) < 4.78 is 76.0. The van der Waals surface area contributed by atoms with Gasteiger partial charge in [0.2, 0.25) is 0 Å². The van der Waals surface area contributed by atoms with Crippen molar-refractivity contribution in [1.29, 1.82) is 0 Å². The minimum atomic E-state index is -4.62. The Hall–Kier alpha value is -1.61. The quantitative estimate of drug-likeness (QED) is 0.679. The zero-order valence-electron chi connectivity index (χ0n) is 9.51. The van der Waals surface area contributed by atoms with Crippen molar-refractivity contribution in [2.75, 3.05) is 0 Å². The van der Waals surface area contributed by atoms with E-state index in [1.807, 2.05) is 0 Å². The van der Waals surface area contributed by atoms with E-state index in [-0.39, 0.29) is 21.8 Å². The smallest absolute Gasteiger partial charge is 0.320 e. The number of thiazole rings is 1. The Labute approximate surface area is 112 Å². The number of nitrogens with two attached hydrogens (primary N) is 1. The zero-order valence-corrected chi connectivity index (χ0v) is 10.3. The van der Waals surface area contributed by atoms with Gasteiger partial charge in [0.05, 0.1) is 6.04 Å². The van der Waals surface area contributed by atoms with Crippen LogP contribution in [0, 0.1) is 17.5 Å². The number of aromatic nitrogens is 1. The number of halogens is 6. The zero-order chi connectivity index (χ0) is 15.1. The largest absolute Gasteiger partial charge is 0.443 e. The maximum absolute atomic E-state index is 13.0. The molecule has 0 fully saturated rings. The number of hydrogen-bond donors (Lipinski definition) is 1. The summed E-state index contributed by atoms with van der Waals surface area (Å²) in [7, 11) is 0. The second-order valence-electron chi connectivity index (χ2n) is 3.84. The van der Waals surface area contributed by atoms with E-state index in [9.17, 15) is 26.3 Å². The molecule has 0 bridgehead atoms. The maximum atomic E-state index is 13.0. The molecule has 0 aliphatic rings. The molecule has 2 rings (SSSR count). The molecule has 108 valence electrons. The monoisotopic (exact) mass is 312 g/mol. The Kier molecular flexibility index (Phi) is 3.74. The Morgan fingerprint density at radius 1 is 1.10 bits per heavy atom. The summed E-state index contributed by atoms with van der Waals surface area (Å²) in [4.78, 5) is 3.11. The van der Waals surface area contributed by atoms with Crippen LogP contribution in [0.15, 0.2) is 18.3 Å². The van der Waals surface area contributed by atoms with Gasteiger partial charge in [0.1, 0.15) is 0 Å². The van der Waals surface area contributed by atoms with Gasteiger partial charge in [-0.15, -0.1) is 11.3 Å². The lowest BCUT2D eigenvalue weighted by Gasteiger charge is -2.10. The van der Waals surface area contributed by atoms with Crippen LogP contribution in [0.2, 0.25) is 0 Å². The van der Waals surface area contributed by atoms with E-state index in [1.54, 1.807) is 0 Å². The highest BCUT2D eigenvalue weighted by molar-refractivity contribution is 7.11. The van der Waals surface area contributed by atoms with E-state index in [1.165, 1.54) is 0 Å². The molecule has 1 unspecified atom stereocenters. The number of rotatable bonds is 2. The molecule has 0 amide bonds. The van der Waals surface area contributed by atoms with Gasteiger partial charge < -0.3 is 5.73 Å². The normalized spacial score (nSPS) is 13.6. The molecule has 0 saturated heterocycles. The minimum Gasteiger partial charge on any atom is -0.320 e. The highest BCUT2D eigenvalue weighted by Gasteiger charge is 2.35. The summed E-state index contributed by atoms with van der Waals surface area (Å²) >= 11 is 0.259. The molecule has 0 radical (unpaired) electrons. The molecule has 0 spiro atoms. The van der Waals surface area contributed by atoms with Crippen LogP contribution in [-0.2, 0) is 6.18 Å². The Morgan fingerprint density at radius 3 is 2.10 bits per heavy atom. The first-order valence-corrected chi connectivity index (χ1v) is 5.94. The molecule has 1 aromatic carbocycles. The summed E-state index contributed by atoms with van der Waals surface area (Å²) in [5, 5.41) is -1.12. The van der Waals surface area contributed by atoms with Crippen LogP contribution in [0.3, 0.4) is 0 Å². The average Bonchev–Trinajstić information content (AvgIpc) is 2.83. The Balaban J connectivity index is 2.36. The Morgan fingerprint density at radius 2 is 1.65 bits per heavy atom. The van der Waals surface area contributed by atoms with E-state index in [4.69, 9.17) is 5.73 Å². The molecule has 0 saturated carbocycles. The Bertz CT molecular complexity index is 613. The van der Waals surface area contributed by atoms with Gasteiger partial charge in [-0.2, -0.15) is 13.2 Å². The number of alkyl halides is 3. The fraction of sp³-hybridized carbons (Fsp3) is 0.182. The van der Waals surface area contributed by atoms with Crippen molar-refractivity contribution in [3.63, 3.8) is 0 Å². The van der Waals surface area contributed by atoms with Crippen LogP contribution in [0.4, 0.5) is 26.3 Å². The molecule has 9 heteroatoms. The van der Waals surface area contributed by atoms with E-state index >= 15 is 0 Å². The van der Waals surface area contributed by atoms with Crippen LogP contribution >= 0.6 is 11.3 Å². The molecule has 0 aliphatic carbocycles. The number of nitrogens with zero attached hydrogens (tertiary/aromatic N) is 1. The van der Waals surface area contributed by atoms with Crippen molar-refractivity contribution < 1.29 is 26.3 Å². The third-order valence-electron chi connectivity index (χ3n) is 2.44. The maximum Gasteiger partial charge on any atom is 0.443 e. The molecular formula is C11H6F6N2S. The van der Waals surface area contributed by atoms with Crippen LogP contribution in [0.25, 0.3) is 0 Å². The summed E-state index contributed by atoms with van der Waals surface area (Å²) in [6.07, 6.45) is -3.75. The van der Waals surface area contributed by atoms with Gasteiger partial charge >= 0.3 is 6.18 Å². The highest BCUT2D eigenvalue weighted by Crippen LogP contribution is 2.35. The van der Waals surface area contributed by atoms with Gasteiger partial charge in [0.15, 0.2) is 22.5 Å². The van der Waals surface area contributed by atoms with Crippen LogP contribution in [0.5, 0.6) is 0 Å². The third kappa shape index (κ3) is 2.78. The van der Waals surface area contributed by atoms with E-state index in [2.05, 4.69) is 4.98 Å². The SMILES string of the molecule is NC(c1cc(F)c(F)c(F)c1)c1cnc(C(F)(F)F)s1. The second kappa shape index (κ2) is 5.06. The first-order chi connectivity index (χ1) is 9.20. The molecule has 1 heterocycles. The third-order valence-corrected chi connectivity index (χ3v) is 3.56. The number of benzene rings is 1. The lowest BCUT2D eigenvalue weighted by Crippen LogP contribution is -2.11. The molecule has 1 aromatic heterocycles. The van der Waals surface area contributed by atoms with Crippen molar-refractivity contribution in [3.05, 3.63) is 51.2 Å². The minimum absolute atomic E-state index is 0.0391. The van der Waals surface area contributed by atoms with Gasteiger partial charge in [0.25, 0.3) is 0 Å². The van der Waals surface area contributed by atoms with Gasteiger partial charge in [-0.05, 0) is 17.7 Å². The second-order valence-corrected chi connectivity index (χ2v) is 4.90. The molecule has 2 aromatic rings. The van der Waals surface area contributed by atoms with Gasteiger partial charge in [-0.1, -0.05) is 0 Å². The van der Waals surface area contributed by atoms with Gasteiger partial charge in [0, 0.05) is 11.1 Å². The van der Waals surface area contributed by atoms with Crippen LogP contribution < -0.4 is 5.73 Å². The van der Waals surface area contributed by atoms with Gasteiger partial charge in [-0.25, -0.2) is 18.2 Å². The molecule has 2 nitrogen and oxygen atoms in total. The average molecular weight is 312 g/mol. The van der Waals surface area contributed by atoms with Gasteiger partial charge in [-0.3, -0.25) is 0 Å². The van der Waals surface area contributed by atoms with Crippen molar-refractivity contribution >= 4 is 11.3 Å². The first kappa shape index (κ1) is 14.8. The molecular weight excluding hydrogens is 306 g/mol. The predicted octanol–water partition coefficient (Wildman–Crippen LogP) is 3.63. The summed E-state index contributed by atoms with van der Waals surface area (Å²) in [5.74, 6) is -4.59. The molecule has 20 heavy (non-hydrogen) atoms. The fourth-order valence-electron chi connectivity index (χ4n) is 1.48. The number of hydrogen-bond acceptors (Lipinski definition) is 3. The predicted molar refractivity (Wildman–Crippen MR) is 59.5 cm³/mol. The van der Waals surface area contributed by atoms with Crippen molar-refractivity contribution in [1.82, 2.24) is 4.98 Å². The summed E-state index contributed by atoms with van der Waals surface area (Å²) in [6.45, 7) is 0. The van der Waals surface area contributed by atoms with E-state index < -0.39 is 34.7 Å². The lowest BCUT2D eigenvalue weighted by atomic mass is 10.1. The molecule has 1 atom stereocenters. The van der Waals surface area contributed by atoms with Crippen molar-refractivity contribution in [2.24, 2.45) is 5.73 Å². The molecule has 2 N–H and O–H groups in total. The van der Waals surface area contributed by atoms with E-state index in [0.717, 1.165) is 6.20 Å². The van der Waals surface area contributed by atoms with Crippen LogP contribution in [-0.4, -0.2) is 4.98 Å². The fourth-order valence-corrected chi connectivity index (χ4v) is 2.29. The summed E-state index contributed by atoms with van der Waals surface area (Å²) in [5.41, 5.74) is 5.43. The lowest BCUT2D eigenvalue weighted by molar-refractivity contribution is -0.137. The van der Waals surface area contributed by atoms with Crippen LogP contribution in [0.1, 0.15) is 21.5 Å². The standard InChI is InChI=1S/C11H6F6N2S/c12-5-1-4(2-6(13)8(5)14)9(18)7-3-19-10(20-7)11(15,16)17/h1-3,9H,18H2. The first-order valence-electron chi connectivity index (χ1n) is 5.13. The molecule has 0 aliphatic heterocycles. The van der Waals surface area contributed by atoms with E-state index in [0.29, 0.717) is 12.1 Å².